The van der Waals surface area contributed by atoms with Crippen molar-refractivity contribution in [1.29, 1.82) is 0 Å². The molecule has 0 aliphatic rings. The van der Waals surface area contributed by atoms with E-state index in [4.69, 9.17) is 9.47 Å². The van der Waals surface area contributed by atoms with Gasteiger partial charge in [0.25, 0.3) is 0 Å². The summed E-state index contributed by atoms with van der Waals surface area (Å²) < 4.78 is 26.3. The Morgan fingerprint density at radius 2 is 1.91 bits per heavy atom. The predicted octanol–water partition coefficient (Wildman–Crippen LogP) is 2.32. The molecule has 0 atom stereocenters. The molecule has 1 aromatic carbocycles. The average Bonchev–Trinajstić information content (AvgIpc) is 2.99. The van der Waals surface area contributed by atoms with Gasteiger partial charge in [-0.05, 0) is 6.07 Å². The smallest absolute Gasteiger partial charge is 0.127 e. The number of hydrogen-bond donors (Lipinski definition) is 0. The fourth-order valence-corrected chi connectivity index (χ4v) is 2.39. The van der Waals surface area contributed by atoms with Crippen LogP contribution in [0.2, 0.25) is 0 Å². The Balaban J connectivity index is 2.06. The fourth-order valence-electron chi connectivity index (χ4n) is 2.39. The van der Waals surface area contributed by atoms with Gasteiger partial charge in [0.15, 0.2) is 0 Å². The number of hydrogen-bond acceptors (Lipinski definition) is 4. The van der Waals surface area contributed by atoms with Crippen LogP contribution >= 0.6 is 0 Å². The Bertz CT molecular complexity index is 589. The van der Waals surface area contributed by atoms with Gasteiger partial charge in [-0.25, -0.2) is 9.37 Å². The van der Waals surface area contributed by atoms with Crippen molar-refractivity contribution >= 4 is 0 Å². The lowest BCUT2D eigenvalue weighted by molar-refractivity contribution is 0.135. The molecule has 0 saturated carbocycles. The largest absolute Gasteiger partial charge is 0.383 e. The zero-order valence-electron chi connectivity index (χ0n) is 13.7. The molecule has 0 unspecified atom stereocenters. The molecule has 0 fully saturated rings. The van der Waals surface area contributed by atoms with Gasteiger partial charge in [-0.1, -0.05) is 18.2 Å². The minimum absolute atomic E-state index is 0.183. The molecule has 0 aliphatic heterocycles. The first-order valence-corrected chi connectivity index (χ1v) is 7.68. The molecule has 1 aromatic heterocycles. The fraction of sp³-hybridized carbons (Fsp3) is 0.471. The minimum Gasteiger partial charge on any atom is -0.383 e. The van der Waals surface area contributed by atoms with E-state index >= 15 is 0 Å². The second kappa shape index (κ2) is 9.39. The summed E-state index contributed by atoms with van der Waals surface area (Å²) in [7, 11) is 3.35. The number of nitrogens with zero attached hydrogens (tertiary/aromatic N) is 3. The first kappa shape index (κ1) is 17.6. The number of benzene rings is 1. The van der Waals surface area contributed by atoms with Crippen LogP contribution in [0.25, 0.3) is 0 Å². The normalized spacial score (nSPS) is 11.3. The average molecular weight is 321 g/mol. The topological polar surface area (TPSA) is 39.5 Å². The van der Waals surface area contributed by atoms with Gasteiger partial charge in [-0.15, -0.1) is 0 Å². The summed E-state index contributed by atoms with van der Waals surface area (Å²) in [4.78, 5) is 6.54. The van der Waals surface area contributed by atoms with Crippen molar-refractivity contribution in [2.24, 2.45) is 0 Å². The second-order valence-electron chi connectivity index (χ2n) is 5.32. The van der Waals surface area contributed by atoms with Crippen molar-refractivity contribution < 1.29 is 13.9 Å². The summed E-state index contributed by atoms with van der Waals surface area (Å²) >= 11 is 0. The van der Waals surface area contributed by atoms with E-state index in [1.54, 1.807) is 26.5 Å². The van der Waals surface area contributed by atoms with Gasteiger partial charge in [0.05, 0.1) is 19.8 Å². The Kier molecular flexibility index (Phi) is 7.19. The Hall–Kier alpha value is -1.76. The zero-order chi connectivity index (χ0) is 16.5. The molecule has 5 nitrogen and oxygen atoms in total. The molecule has 0 bridgehead atoms. The van der Waals surface area contributed by atoms with Crippen LogP contribution in [0.1, 0.15) is 11.4 Å². The van der Waals surface area contributed by atoms with Gasteiger partial charge < -0.3 is 14.0 Å². The van der Waals surface area contributed by atoms with E-state index in [2.05, 4.69) is 14.5 Å². The Morgan fingerprint density at radius 3 is 2.65 bits per heavy atom. The third-order valence-electron chi connectivity index (χ3n) is 3.67. The first-order chi connectivity index (χ1) is 11.2. The third kappa shape index (κ3) is 5.42. The third-order valence-corrected chi connectivity index (χ3v) is 3.67. The van der Waals surface area contributed by atoms with E-state index in [-0.39, 0.29) is 5.82 Å². The molecule has 23 heavy (non-hydrogen) atoms. The van der Waals surface area contributed by atoms with Gasteiger partial charge in [0, 0.05) is 51.8 Å². The standard InChI is InChI=1S/C17H24FN3O2/c1-22-11-9-20(13-15-5-3-4-6-16(15)18)14-17-19-7-8-21(17)10-12-23-2/h3-8H,9-14H2,1-2H3. The number of imidazole rings is 1. The van der Waals surface area contributed by atoms with E-state index in [0.717, 1.165) is 12.4 Å². The highest BCUT2D eigenvalue weighted by atomic mass is 19.1. The highest BCUT2D eigenvalue weighted by Crippen LogP contribution is 2.12. The van der Waals surface area contributed by atoms with Crippen molar-refractivity contribution in [2.45, 2.75) is 19.6 Å². The van der Waals surface area contributed by atoms with Crippen LogP contribution in [0.4, 0.5) is 4.39 Å². The predicted molar refractivity (Wildman–Crippen MR) is 86.5 cm³/mol. The maximum atomic E-state index is 13.9. The van der Waals surface area contributed by atoms with Crippen LogP contribution in [0.3, 0.4) is 0 Å². The molecule has 0 radical (unpaired) electrons. The zero-order valence-corrected chi connectivity index (χ0v) is 13.7. The lowest BCUT2D eigenvalue weighted by atomic mass is 10.2. The van der Waals surface area contributed by atoms with Gasteiger partial charge in [0.2, 0.25) is 0 Å². The highest BCUT2D eigenvalue weighted by Gasteiger charge is 2.13. The number of methoxy groups -OCH3 is 2. The van der Waals surface area contributed by atoms with Crippen LogP contribution < -0.4 is 0 Å². The summed E-state index contributed by atoms with van der Waals surface area (Å²) in [5.41, 5.74) is 0.679. The number of aromatic nitrogens is 2. The maximum Gasteiger partial charge on any atom is 0.127 e. The van der Waals surface area contributed by atoms with E-state index in [0.29, 0.717) is 38.4 Å². The minimum atomic E-state index is -0.183. The summed E-state index contributed by atoms with van der Waals surface area (Å²) in [6, 6.07) is 6.86. The summed E-state index contributed by atoms with van der Waals surface area (Å²) in [6.45, 7) is 3.84. The molecule has 0 aliphatic carbocycles. The van der Waals surface area contributed by atoms with Crippen molar-refractivity contribution in [2.75, 3.05) is 34.0 Å². The van der Waals surface area contributed by atoms with Crippen LogP contribution in [0.15, 0.2) is 36.7 Å². The van der Waals surface area contributed by atoms with Crippen molar-refractivity contribution in [3.63, 3.8) is 0 Å². The lowest BCUT2D eigenvalue weighted by Crippen LogP contribution is -2.28. The Labute approximate surface area is 136 Å². The number of halogens is 1. The van der Waals surface area contributed by atoms with Gasteiger partial charge >= 0.3 is 0 Å². The molecular weight excluding hydrogens is 297 g/mol. The summed E-state index contributed by atoms with van der Waals surface area (Å²) in [6.07, 6.45) is 3.72. The van der Waals surface area contributed by atoms with Crippen molar-refractivity contribution in [1.82, 2.24) is 14.5 Å². The molecule has 0 spiro atoms. The molecule has 126 valence electrons. The van der Waals surface area contributed by atoms with Crippen LogP contribution in [0, 0.1) is 5.82 Å². The lowest BCUT2D eigenvalue weighted by Gasteiger charge is -2.22. The Morgan fingerprint density at radius 1 is 1.13 bits per heavy atom. The van der Waals surface area contributed by atoms with Crippen molar-refractivity contribution in [3.8, 4) is 0 Å². The number of ether oxygens (including phenoxy) is 2. The van der Waals surface area contributed by atoms with Gasteiger partial charge in [-0.3, -0.25) is 4.90 Å². The maximum absolute atomic E-state index is 13.9. The summed E-state index contributed by atoms with van der Waals surface area (Å²) in [5, 5.41) is 0. The van der Waals surface area contributed by atoms with Crippen LogP contribution in [-0.4, -0.2) is 48.4 Å². The molecule has 0 amide bonds. The van der Waals surface area contributed by atoms with Gasteiger partial charge in [-0.2, -0.15) is 0 Å². The van der Waals surface area contributed by atoms with Crippen LogP contribution in [-0.2, 0) is 29.1 Å². The molecule has 0 saturated heterocycles. The highest BCUT2D eigenvalue weighted by molar-refractivity contribution is 5.17. The molecule has 2 aromatic rings. The molecule has 0 N–H and O–H groups in total. The van der Waals surface area contributed by atoms with Crippen LogP contribution in [0.5, 0.6) is 0 Å². The van der Waals surface area contributed by atoms with E-state index in [1.807, 2.05) is 18.3 Å². The van der Waals surface area contributed by atoms with E-state index in [9.17, 15) is 4.39 Å². The summed E-state index contributed by atoms with van der Waals surface area (Å²) in [5.74, 6) is 0.757. The van der Waals surface area contributed by atoms with E-state index in [1.165, 1.54) is 6.07 Å². The molecule has 6 heteroatoms. The second-order valence-corrected chi connectivity index (χ2v) is 5.32. The molecule has 1 heterocycles. The van der Waals surface area contributed by atoms with Gasteiger partial charge in [0.1, 0.15) is 11.6 Å². The quantitative estimate of drug-likeness (QED) is 0.673. The molecule has 2 rings (SSSR count). The first-order valence-electron chi connectivity index (χ1n) is 7.68. The monoisotopic (exact) mass is 321 g/mol. The van der Waals surface area contributed by atoms with E-state index < -0.39 is 0 Å². The SMILES string of the molecule is COCCN(Cc1ccccc1F)Cc1nccn1CCOC. The van der Waals surface area contributed by atoms with Crippen molar-refractivity contribution in [3.05, 3.63) is 53.9 Å². The number of rotatable bonds is 10. The molecular formula is C17H24FN3O2.